The molecule has 0 radical (unpaired) electrons. The van der Waals surface area contributed by atoms with Crippen LogP contribution in [0.4, 0.5) is 0 Å². The van der Waals surface area contributed by atoms with Crippen LogP contribution in [0.3, 0.4) is 0 Å². The predicted octanol–water partition coefficient (Wildman–Crippen LogP) is 4.08. The summed E-state index contributed by atoms with van der Waals surface area (Å²) in [7, 11) is 3.19. The summed E-state index contributed by atoms with van der Waals surface area (Å²) in [5, 5.41) is 6.46. The molecule has 7 heteroatoms. The lowest BCUT2D eigenvalue weighted by atomic mass is 10.0. The van der Waals surface area contributed by atoms with Crippen molar-refractivity contribution in [3.05, 3.63) is 90.0 Å². The quantitative estimate of drug-likeness (QED) is 0.391. The molecule has 1 aromatic heterocycles. The van der Waals surface area contributed by atoms with Gasteiger partial charge in [0.2, 0.25) is 0 Å². The van der Waals surface area contributed by atoms with E-state index < -0.39 is 0 Å². The molecule has 0 aliphatic rings. The van der Waals surface area contributed by atoms with Crippen molar-refractivity contribution in [2.24, 2.45) is 0 Å². The number of hydrogen-bond donors (Lipinski definition) is 2. The lowest BCUT2D eigenvalue weighted by molar-refractivity contribution is 0.0928. The van der Waals surface area contributed by atoms with Crippen LogP contribution in [0.15, 0.2) is 78.9 Å². The van der Waals surface area contributed by atoms with Gasteiger partial charge < -0.3 is 20.1 Å². The second-order valence-electron chi connectivity index (χ2n) is 7.54. The van der Waals surface area contributed by atoms with Gasteiger partial charge in [-0.15, -0.1) is 0 Å². The molecule has 0 spiro atoms. The van der Waals surface area contributed by atoms with Gasteiger partial charge in [-0.05, 0) is 60.7 Å². The molecule has 172 valence electrons. The van der Waals surface area contributed by atoms with E-state index in [1.54, 1.807) is 44.6 Å². The van der Waals surface area contributed by atoms with Gasteiger partial charge in [0.1, 0.15) is 11.5 Å². The molecular formula is C27H25N3O4. The highest BCUT2D eigenvalue weighted by molar-refractivity contribution is 6.07. The molecule has 1 heterocycles. The predicted molar refractivity (Wildman–Crippen MR) is 131 cm³/mol. The maximum absolute atomic E-state index is 13.0. The number of amides is 2. The fourth-order valence-corrected chi connectivity index (χ4v) is 3.56. The Balaban J connectivity index is 1.45. The average Bonchev–Trinajstić information content (AvgIpc) is 2.90. The smallest absolute Gasteiger partial charge is 0.252 e. The standard InChI is InChI=1S/C27H25N3O4/c1-33-20-11-7-18(8-12-20)25-17-23(22-5-3-4-6-24(22)30-25)27(32)29-16-15-28-26(31)19-9-13-21(34-2)14-10-19/h3-14,17H,15-16H2,1-2H3,(H,28,31)(H,29,32). The van der Waals surface area contributed by atoms with Crippen LogP contribution in [0.1, 0.15) is 20.7 Å². The van der Waals surface area contributed by atoms with E-state index in [1.807, 2.05) is 48.5 Å². The molecule has 7 nitrogen and oxygen atoms in total. The third-order valence-corrected chi connectivity index (χ3v) is 5.39. The van der Waals surface area contributed by atoms with Gasteiger partial charge in [-0.3, -0.25) is 9.59 Å². The first-order chi connectivity index (χ1) is 16.6. The van der Waals surface area contributed by atoms with Gasteiger partial charge in [0, 0.05) is 29.6 Å². The number of nitrogens with one attached hydrogen (secondary N) is 2. The first-order valence-corrected chi connectivity index (χ1v) is 10.8. The molecule has 2 N–H and O–H groups in total. The molecule has 2 amide bonds. The van der Waals surface area contributed by atoms with E-state index >= 15 is 0 Å². The zero-order valence-electron chi connectivity index (χ0n) is 19.0. The van der Waals surface area contributed by atoms with Crippen molar-refractivity contribution in [2.75, 3.05) is 27.3 Å². The SMILES string of the molecule is COc1ccc(C(=O)NCCNC(=O)c2cc(-c3ccc(OC)cc3)nc3ccccc23)cc1. The van der Waals surface area contributed by atoms with Crippen LogP contribution in [0.25, 0.3) is 22.2 Å². The van der Waals surface area contributed by atoms with Crippen LogP contribution < -0.4 is 20.1 Å². The van der Waals surface area contributed by atoms with Crippen LogP contribution in [0.2, 0.25) is 0 Å². The number of hydrogen-bond acceptors (Lipinski definition) is 5. The van der Waals surface area contributed by atoms with Crippen LogP contribution in [0, 0.1) is 0 Å². The van der Waals surface area contributed by atoms with Gasteiger partial charge in [-0.25, -0.2) is 4.98 Å². The summed E-state index contributed by atoms with van der Waals surface area (Å²) in [4.78, 5) is 30.1. The summed E-state index contributed by atoms with van der Waals surface area (Å²) < 4.78 is 10.3. The van der Waals surface area contributed by atoms with Crippen molar-refractivity contribution in [3.63, 3.8) is 0 Å². The second-order valence-corrected chi connectivity index (χ2v) is 7.54. The third-order valence-electron chi connectivity index (χ3n) is 5.39. The van der Waals surface area contributed by atoms with E-state index in [1.165, 1.54) is 0 Å². The van der Waals surface area contributed by atoms with Crippen molar-refractivity contribution < 1.29 is 19.1 Å². The Bertz CT molecular complexity index is 1300. The first-order valence-electron chi connectivity index (χ1n) is 10.8. The Labute approximate surface area is 197 Å². The number of ether oxygens (including phenoxy) is 2. The molecule has 0 atom stereocenters. The number of aromatic nitrogens is 1. The van der Waals surface area contributed by atoms with Gasteiger partial charge in [-0.1, -0.05) is 18.2 Å². The number of carbonyl (C=O) groups is 2. The summed E-state index contributed by atoms with van der Waals surface area (Å²) in [6, 6.07) is 23.7. The zero-order valence-corrected chi connectivity index (χ0v) is 19.0. The van der Waals surface area contributed by atoms with Crippen molar-refractivity contribution in [1.82, 2.24) is 15.6 Å². The summed E-state index contributed by atoms with van der Waals surface area (Å²) in [6.07, 6.45) is 0. The van der Waals surface area contributed by atoms with E-state index in [4.69, 9.17) is 14.5 Å². The third kappa shape index (κ3) is 5.15. The molecule has 0 aliphatic heterocycles. The summed E-state index contributed by atoms with van der Waals surface area (Å²) in [5.74, 6) is 0.988. The highest BCUT2D eigenvalue weighted by Crippen LogP contribution is 2.26. The summed E-state index contributed by atoms with van der Waals surface area (Å²) >= 11 is 0. The van der Waals surface area contributed by atoms with Crippen LogP contribution in [0.5, 0.6) is 11.5 Å². The molecule has 0 saturated heterocycles. The summed E-state index contributed by atoms with van der Waals surface area (Å²) in [5.41, 5.74) is 3.36. The van der Waals surface area contributed by atoms with Gasteiger partial charge >= 0.3 is 0 Å². The average molecular weight is 456 g/mol. The molecule has 0 unspecified atom stereocenters. The molecule has 0 bridgehead atoms. The number of pyridine rings is 1. The number of fused-ring (bicyclic) bond motifs is 1. The molecule has 4 aromatic rings. The maximum Gasteiger partial charge on any atom is 0.252 e. The van der Waals surface area contributed by atoms with Crippen LogP contribution in [-0.2, 0) is 0 Å². The van der Waals surface area contributed by atoms with Gasteiger partial charge in [0.15, 0.2) is 0 Å². The van der Waals surface area contributed by atoms with E-state index in [0.29, 0.717) is 29.1 Å². The molecule has 4 rings (SSSR count). The minimum absolute atomic E-state index is 0.215. The monoisotopic (exact) mass is 455 g/mol. The van der Waals surface area contributed by atoms with Gasteiger partial charge in [0.25, 0.3) is 11.8 Å². The lowest BCUT2D eigenvalue weighted by Crippen LogP contribution is -2.34. The maximum atomic E-state index is 13.0. The number of rotatable bonds is 8. The Morgan fingerprint density at radius 1 is 0.765 bits per heavy atom. The van der Waals surface area contributed by atoms with Crippen molar-refractivity contribution in [3.8, 4) is 22.8 Å². The number of benzene rings is 3. The van der Waals surface area contributed by atoms with Crippen molar-refractivity contribution in [1.29, 1.82) is 0 Å². The van der Waals surface area contributed by atoms with Crippen LogP contribution in [-0.4, -0.2) is 44.1 Å². The molecule has 34 heavy (non-hydrogen) atoms. The van der Waals surface area contributed by atoms with Crippen molar-refractivity contribution >= 4 is 22.7 Å². The minimum atomic E-state index is -0.230. The Morgan fingerprint density at radius 2 is 1.35 bits per heavy atom. The molecule has 0 aliphatic carbocycles. The molecule has 0 fully saturated rings. The largest absolute Gasteiger partial charge is 0.497 e. The van der Waals surface area contributed by atoms with Gasteiger partial charge in [0.05, 0.1) is 31.0 Å². The normalized spacial score (nSPS) is 10.5. The first kappa shape index (κ1) is 22.8. The fraction of sp³-hybridized carbons (Fsp3) is 0.148. The second kappa shape index (κ2) is 10.5. The van der Waals surface area contributed by atoms with E-state index in [0.717, 1.165) is 22.2 Å². The number of carbonyl (C=O) groups excluding carboxylic acids is 2. The Morgan fingerprint density at radius 3 is 2.00 bits per heavy atom. The molecule has 3 aromatic carbocycles. The minimum Gasteiger partial charge on any atom is -0.497 e. The Kier molecular flexibility index (Phi) is 7.03. The molecular weight excluding hydrogens is 430 g/mol. The van der Waals surface area contributed by atoms with Gasteiger partial charge in [-0.2, -0.15) is 0 Å². The molecule has 0 saturated carbocycles. The highest BCUT2D eigenvalue weighted by atomic mass is 16.5. The zero-order chi connectivity index (χ0) is 23.9. The number of methoxy groups -OCH3 is 2. The van der Waals surface area contributed by atoms with E-state index in [2.05, 4.69) is 10.6 Å². The van der Waals surface area contributed by atoms with E-state index in [9.17, 15) is 9.59 Å². The lowest BCUT2D eigenvalue weighted by Gasteiger charge is -2.11. The number of nitrogens with zero attached hydrogens (tertiary/aromatic N) is 1. The fourth-order valence-electron chi connectivity index (χ4n) is 3.56. The van der Waals surface area contributed by atoms with E-state index in [-0.39, 0.29) is 18.4 Å². The summed E-state index contributed by atoms with van der Waals surface area (Å²) in [6.45, 7) is 0.584. The van der Waals surface area contributed by atoms with Crippen LogP contribution >= 0.6 is 0 Å². The Hall–Kier alpha value is -4.39. The highest BCUT2D eigenvalue weighted by Gasteiger charge is 2.14. The van der Waals surface area contributed by atoms with Crippen molar-refractivity contribution in [2.45, 2.75) is 0 Å². The topological polar surface area (TPSA) is 89.6 Å². The number of para-hydroxylation sites is 1.